The second kappa shape index (κ2) is 5.57. The summed E-state index contributed by atoms with van der Waals surface area (Å²) in [6.07, 6.45) is 1.71. The highest BCUT2D eigenvalue weighted by molar-refractivity contribution is 7.12. The average molecular weight is 325 g/mol. The Balaban J connectivity index is 2.19. The number of carbonyl (C=O) groups excluding carboxylic acids is 1. The van der Waals surface area contributed by atoms with Crippen LogP contribution in [-0.4, -0.2) is 40.3 Å². The number of carboxylic acids is 1. The van der Waals surface area contributed by atoms with E-state index in [0.29, 0.717) is 17.7 Å². The van der Waals surface area contributed by atoms with Gasteiger partial charge in [-0.25, -0.2) is 9.59 Å². The van der Waals surface area contributed by atoms with Gasteiger partial charge in [-0.2, -0.15) is 0 Å². The van der Waals surface area contributed by atoms with Gasteiger partial charge in [0.25, 0.3) is 0 Å². The normalized spacial score (nSPS) is 21.1. The molecular weight excluding hydrogens is 302 g/mol. The molecule has 1 aliphatic rings. The van der Waals surface area contributed by atoms with Gasteiger partial charge in [0.1, 0.15) is 10.5 Å². The number of ether oxygens (including phenoxy) is 1. The molecule has 2 rings (SSSR count). The van der Waals surface area contributed by atoms with Crippen molar-refractivity contribution in [1.82, 2.24) is 4.90 Å². The summed E-state index contributed by atoms with van der Waals surface area (Å²) in [7, 11) is 1.75. The number of thiophene rings is 1. The van der Waals surface area contributed by atoms with Crippen molar-refractivity contribution < 1.29 is 19.4 Å². The van der Waals surface area contributed by atoms with E-state index in [1.807, 2.05) is 33.1 Å². The van der Waals surface area contributed by atoms with Gasteiger partial charge < -0.3 is 14.7 Å². The molecule has 0 radical (unpaired) electrons. The highest BCUT2D eigenvalue weighted by Gasteiger charge is 2.39. The summed E-state index contributed by atoms with van der Waals surface area (Å²) >= 11 is 1.27. The lowest BCUT2D eigenvalue weighted by Gasteiger charge is -2.42. The topological polar surface area (TPSA) is 66.8 Å². The minimum atomic E-state index is -0.865. The number of amides is 1. The summed E-state index contributed by atoms with van der Waals surface area (Å²) in [5, 5.41) is 11.1. The Morgan fingerprint density at radius 2 is 2.05 bits per heavy atom. The smallest absolute Gasteiger partial charge is 0.410 e. The highest BCUT2D eigenvalue weighted by Crippen LogP contribution is 2.37. The first-order valence-corrected chi connectivity index (χ1v) is 8.21. The first kappa shape index (κ1) is 16.8. The van der Waals surface area contributed by atoms with Crippen LogP contribution in [0, 0.1) is 0 Å². The average Bonchev–Trinajstić information content (AvgIpc) is 2.78. The van der Waals surface area contributed by atoms with Gasteiger partial charge in [0.15, 0.2) is 0 Å². The lowest BCUT2D eigenvalue weighted by Crippen LogP contribution is -2.52. The van der Waals surface area contributed by atoms with Crippen LogP contribution in [0.2, 0.25) is 0 Å². The summed E-state index contributed by atoms with van der Waals surface area (Å²) in [5.74, 6) is -0.865. The van der Waals surface area contributed by atoms with Gasteiger partial charge >= 0.3 is 12.1 Å². The van der Waals surface area contributed by atoms with Crippen molar-refractivity contribution in [3.63, 3.8) is 0 Å². The van der Waals surface area contributed by atoms with E-state index in [9.17, 15) is 14.7 Å². The Kier molecular flexibility index (Phi) is 4.26. The monoisotopic (exact) mass is 325 g/mol. The molecule has 22 heavy (non-hydrogen) atoms. The maximum absolute atomic E-state index is 12.3. The summed E-state index contributed by atoms with van der Waals surface area (Å²) in [6.45, 7) is 7.56. The summed E-state index contributed by atoms with van der Waals surface area (Å²) < 4.78 is 5.44. The lowest BCUT2D eigenvalue weighted by molar-refractivity contribution is 0.00547. The van der Waals surface area contributed by atoms with Gasteiger partial charge in [-0.1, -0.05) is 0 Å². The molecular formula is C16H23NO4S. The van der Waals surface area contributed by atoms with Gasteiger partial charge in [0.05, 0.1) is 0 Å². The molecule has 0 bridgehead atoms. The second-order valence-electron chi connectivity index (χ2n) is 7.09. The number of hydrogen-bond donors (Lipinski definition) is 1. The molecule has 1 N–H and O–H groups in total. The van der Waals surface area contributed by atoms with Gasteiger partial charge in [0, 0.05) is 12.6 Å². The Labute approximate surface area is 134 Å². The van der Waals surface area contributed by atoms with E-state index in [1.54, 1.807) is 11.9 Å². The molecule has 0 saturated heterocycles. The molecule has 0 aromatic carbocycles. The van der Waals surface area contributed by atoms with Crippen LogP contribution in [0.3, 0.4) is 0 Å². The minimum Gasteiger partial charge on any atom is -0.477 e. The summed E-state index contributed by atoms with van der Waals surface area (Å²) in [5.41, 5.74) is 1.08. The fourth-order valence-electron chi connectivity index (χ4n) is 2.75. The molecule has 1 amide bonds. The highest BCUT2D eigenvalue weighted by atomic mass is 32.1. The van der Waals surface area contributed by atoms with Crippen LogP contribution in [0.5, 0.6) is 0 Å². The fraction of sp³-hybridized carbons (Fsp3) is 0.625. The molecule has 1 unspecified atom stereocenters. The van der Waals surface area contributed by atoms with Gasteiger partial charge in [-0.05, 0) is 63.5 Å². The van der Waals surface area contributed by atoms with Crippen molar-refractivity contribution in [1.29, 1.82) is 0 Å². The molecule has 0 spiro atoms. The number of fused-ring (bicyclic) bond motifs is 1. The Bertz CT molecular complexity index is 602. The first-order chi connectivity index (χ1) is 10.0. The Morgan fingerprint density at radius 1 is 1.41 bits per heavy atom. The largest absolute Gasteiger partial charge is 0.477 e. The number of carbonyl (C=O) groups is 2. The van der Waals surface area contributed by atoms with E-state index in [0.717, 1.165) is 17.5 Å². The van der Waals surface area contributed by atoms with E-state index < -0.39 is 11.6 Å². The molecule has 1 aliphatic carbocycles. The zero-order chi connectivity index (χ0) is 16.7. The zero-order valence-corrected chi connectivity index (χ0v) is 14.5. The number of carboxylic acid groups (broad SMARTS) is 1. The van der Waals surface area contributed by atoms with Crippen LogP contribution < -0.4 is 0 Å². The number of hydrogen-bond acceptors (Lipinski definition) is 4. The standard InChI is InChI=1S/C16H23NO4S/c1-15(2,3)21-14(20)17(5)16(4)7-6-11-10(8-16)9-22-12(11)13(18)19/h9H,6-8H2,1-5H3,(H,18,19). The van der Waals surface area contributed by atoms with E-state index in [-0.39, 0.29) is 11.6 Å². The van der Waals surface area contributed by atoms with Crippen LogP contribution in [0.15, 0.2) is 5.38 Å². The van der Waals surface area contributed by atoms with E-state index in [2.05, 4.69) is 0 Å². The summed E-state index contributed by atoms with van der Waals surface area (Å²) in [4.78, 5) is 25.6. The molecule has 1 atom stereocenters. The molecule has 1 heterocycles. The van der Waals surface area contributed by atoms with Crippen molar-refractivity contribution in [2.75, 3.05) is 7.05 Å². The number of rotatable bonds is 2. The predicted molar refractivity (Wildman–Crippen MR) is 85.7 cm³/mol. The third kappa shape index (κ3) is 3.27. The molecule has 1 aromatic rings. The van der Waals surface area contributed by atoms with Crippen LogP contribution in [-0.2, 0) is 17.6 Å². The van der Waals surface area contributed by atoms with Crippen molar-refractivity contribution in [3.05, 3.63) is 21.4 Å². The molecule has 5 nitrogen and oxygen atoms in total. The predicted octanol–water partition coefficient (Wildman–Crippen LogP) is 3.56. The van der Waals surface area contributed by atoms with Crippen LogP contribution in [0.4, 0.5) is 4.79 Å². The summed E-state index contributed by atoms with van der Waals surface area (Å²) in [6, 6.07) is 0. The fourth-order valence-corrected chi connectivity index (χ4v) is 3.71. The SMILES string of the molecule is CN(C(=O)OC(C)(C)C)C1(C)CCc2c(csc2C(=O)O)C1. The Morgan fingerprint density at radius 3 is 2.59 bits per heavy atom. The quantitative estimate of drug-likeness (QED) is 0.903. The van der Waals surface area contributed by atoms with Crippen molar-refractivity contribution in [2.45, 2.75) is 58.1 Å². The number of likely N-dealkylation sites (N-methyl/N-ethyl adjacent to an activating group) is 1. The van der Waals surface area contributed by atoms with Crippen molar-refractivity contribution in [3.8, 4) is 0 Å². The molecule has 1 aromatic heterocycles. The lowest BCUT2D eigenvalue weighted by atomic mass is 9.79. The molecule has 6 heteroatoms. The zero-order valence-electron chi connectivity index (χ0n) is 13.7. The third-order valence-electron chi connectivity index (χ3n) is 4.14. The molecule has 0 aliphatic heterocycles. The van der Waals surface area contributed by atoms with Gasteiger partial charge in [0.2, 0.25) is 0 Å². The van der Waals surface area contributed by atoms with Crippen LogP contribution >= 0.6 is 11.3 Å². The van der Waals surface area contributed by atoms with Gasteiger partial charge in [-0.15, -0.1) is 11.3 Å². The second-order valence-corrected chi connectivity index (χ2v) is 7.97. The molecule has 0 saturated carbocycles. The minimum absolute atomic E-state index is 0.341. The Hall–Kier alpha value is -1.56. The third-order valence-corrected chi connectivity index (χ3v) is 5.20. The van der Waals surface area contributed by atoms with E-state index in [1.165, 1.54) is 11.3 Å². The molecule has 0 fully saturated rings. The van der Waals surface area contributed by atoms with E-state index >= 15 is 0 Å². The van der Waals surface area contributed by atoms with E-state index in [4.69, 9.17) is 4.74 Å². The maximum Gasteiger partial charge on any atom is 0.410 e. The molecule has 122 valence electrons. The van der Waals surface area contributed by atoms with Crippen LogP contribution in [0.25, 0.3) is 0 Å². The maximum atomic E-state index is 12.3. The number of nitrogens with zero attached hydrogens (tertiary/aromatic N) is 1. The van der Waals surface area contributed by atoms with Crippen LogP contribution in [0.1, 0.15) is 54.9 Å². The van der Waals surface area contributed by atoms with Gasteiger partial charge in [-0.3, -0.25) is 0 Å². The first-order valence-electron chi connectivity index (χ1n) is 7.33. The number of aromatic carboxylic acids is 1. The van der Waals surface area contributed by atoms with Crippen molar-refractivity contribution >= 4 is 23.4 Å². The van der Waals surface area contributed by atoms with Crippen molar-refractivity contribution in [2.24, 2.45) is 0 Å².